The fraction of sp³-hybridized carbons (Fsp3) is 0.909. The van der Waals surface area contributed by atoms with E-state index >= 15 is 0 Å². The second-order valence-corrected chi connectivity index (χ2v) is 5.69. The van der Waals surface area contributed by atoms with Crippen LogP contribution in [0.5, 0.6) is 0 Å². The molecule has 1 unspecified atom stereocenters. The van der Waals surface area contributed by atoms with Gasteiger partial charge >= 0.3 is 7.82 Å². The Morgan fingerprint density at radius 1 is 1.37 bits per heavy atom. The largest absolute Gasteiger partial charge is 0.469 e. The Morgan fingerprint density at radius 2 is 1.84 bits per heavy atom. The standard InChI is InChI=1S/C9H20NO6P.C2H6/c1-4-5-10-8(12)7(11)9(2,3)6-16-17(13,14)15;1-2/h7,11H,4-6H2,1-3H3,(H,10,12)(H2,13,14,15);1-2H3. The van der Waals surface area contributed by atoms with Crippen molar-refractivity contribution in [2.24, 2.45) is 5.41 Å². The summed E-state index contributed by atoms with van der Waals surface area (Å²) < 4.78 is 14.8. The highest BCUT2D eigenvalue weighted by Gasteiger charge is 2.35. The number of hydrogen-bond donors (Lipinski definition) is 4. The van der Waals surface area contributed by atoms with Gasteiger partial charge in [-0.2, -0.15) is 0 Å². The van der Waals surface area contributed by atoms with Crippen LogP contribution in [0.4, 0.5) is 0 Å². The van der Waals surface area contributed by atoms with Crippen molar-refractivity contribution in [1.82, 2.24) is 5.32 Å². The summed E-state index contributed by atoms with van der Waals surface area (Å²) in [6.45, 7) is 8.86. The number of carbonyl (C=O) groups is 1. The zero-order valence-electron chi connectivity index (χ0n) is 12.2. The van der Waals surface area contributed by atoms with Crippen LogP contribution in [0.2, 0.25) is 0 Å². The fourth-order valence-corrected chi connectivity index (χ4v) is 1.53. The van der Waals surface area contributed by atoms with Crippen molar-refractivity contribution in [2.45, 2.75) is 47.1 Å². The third kappa shape index (κ3) is 10.0. The van der Waals surface area contributed by atoms with Gasteiger partial charge in [-0.25, -0.2) is 4.57 Å². The molecule has 0 aliphatic heterocycles. The minimum atomic E-state index is -4.60. The van der Waals surface area contributed by atoms with Crippen LogP contribution in [-0.4, -0.2) is 40.1 Å². The maximum Gasteiger partial charge on any atom is 0.469 e. The molecule has 1 amide bonds. The number of nitrogens with one attached hydrogen (secondary N) is 1. The number of hydrogen-bond acceptors (Lipinski definition) is 4. The molecule has 4 N–H and O–H groups in total. The highest BCUT2D eigenvalue weighted by atomic mass is 31.2. The van der Waals surface area contributed by atoms with Crippen LogP contribution in [0.25, 0.3) is 0 Å². The van der Waals surface area contributed by atoms with E-state index in [0.29, 0.717) is 6.54 Å². The second kappa shape index (κ2) is 9.44. The first kappa shape index (κ1) is 20.8. The van der Waals surface area contributed by atoms with E-state index in [2.05, 4.69) is 9.84 Å². The molecule has 8 heteroatoms. The van der Waals surface area contributed by atoms with Gasteiger partial charge in [-0.05, 0) is 6.42 Å². The molecular weight excluding hydrogens is 273 g/mol. The molecule has 19 heavy (non-hydrogen) atoms. The highest BCUT2D eigenvalue weighted by Crippen LogP contribution is 2.38. The molecule has 0 aliphatic rings. The summed E-state index contributed by atoms with van der Waals surface area (Å²) in [5, 5.41) is 12.2. The minimum Gasteiger partial charge on any atom is -0.383 e. The molecule has 0 aromatic heterocycles. The van der Waals surface area contributed by atoms with Gasteiger partial charge in [0, 0.05) is 12.0 Å². The third-order valence-electron chi connectivity index (χ3n) is 2.14. The Morgan fingerprint density at radius 3 is 2.21 bits per heavy atom. The number of aliphatic hydroxyl groups excluding tert-OH is 1. The van der Waals surface area contributed by atoms with Crippen LogP contribution in [0.1, 0.15) is 41.0 Å². The molecule has 1 atom stereocenters. The van der Waals surface area contributed by atoms with E-state index < -0.39 is 31.9 Å². The first-order chi connectivity index (χ1) is 8.60. The number of aliphatic hydroxyl groups is 1. The molecule has 0 heterocycles. The lowest BCUT2D eigenvalue weighted by atomic mass is 9.87. The molecule has 116 valence electrons. The van der Waals surface area contributed by atoms with Crippen LogP contribution in [0.15, 0.2) is 0 Å². The van der Waals surface area contributed by atoms with E-state index in [-0.39, 0.29) is 0 Å². The van der Waals surface area contributed by atoms with Crippen molar-refractivity contribution in [3.63, 3.8) is 0 Å². The van der Waals surface area contributed by atoms with Gasteiger partial charge < -0.3 is 20.2 Å². The summed E-state index contributed by atoms with van der Waals surface area (Å²) in [5.74, 6) is -0.578. The fourth-order valence-electron chi connectivity index (χ4n) is 1.03. The molecule has 0 bridgehead atoms. The molecule has 0 radical (unpaired) electrons. The predicted molar refractivity (Wildman–Crippen MR) is 72.4 cm³/mol. The van der Waals surface area contributed by atoms with Gasteiger partial charge in [0.1, 0.15) is 6.10 Å². The first-order valence-corrected chi connectivity index (χ1v) is 7.79. The Labute approximate surface area is 114 Å². The molecular formula is C11H26NO6P. The predicted octanol–water partition coefficient (Wildman–Crippen LogP) is 1.04. The number of phosphoric ester groups is 1. The Bertz CT molecular complexity index is 302. The van der Waals surface area contributed by atoms with Crippen LogP contribution < -0.4 is 5.32 Å². The summed E-state index contributed by atoms with van der Waals surface area (Å²) in [4.78, 5) is 28.6. The van der Waals surface area contributed by atoms with E-state index in [1.807, 2.05) is 20.8 Å². The molecule has 0 aliphatic carbocycles. The smallest absolute Gasteiger partial charge is 0.383 e. The van der Waals surface area contributed by atoms with Crippen molar-refractivity contribution in [2.75, 3.05) is 13.2 Å². The minimum absolute atomic E-state index is 0.419. The molecule has 0 aromatic rings. The van der Waals surface area contributed by atoms with Crippen LogP contribution >= 0.6 is 7.82 Å². The molecule has 0 saturated heterocycles. The third-order valence-corrected chi connectivity index (χ3v) is 2.61. The van der Waals surface area contributed by atoms with E-state index in [1.165, 1.54) is 13.8 Å². The van der Waals surface area contributed by atoms with Gasteiger partial charge in [0.05, 0.1) is 6.61 Å². The van der Waals surface area contributed by atoms with Crippen molar-refractivity contribution >= 4 is 13.7 Å². The first-order valence-electron chi connectivity index (χ1n) is 6.26. The van der Waals surface area contributed by atoms with Crippen LogP contribution in [0.3, 0.4) is 0 Å². The van der Waals surface area contributed by atoms with Gasteiger partial charge in [0.2, 0.25) is 5.91 Å². The lowest BCUT2D eigenvalue weighted by molar-refractivity contribution is -0.136. The average Bonchev–Trinajstić information content (AvgIpc) is 2.34. The summed E-state index contributed by atoms with van der Waals surface area (Å²) in [5.41, 5.74) is -1.08. The van der Waals surface area contributed by atoms with Gasteiger partial charge in [-0.3, -0.25) is 9.32 Å². The Kier molecular flexibility index (Phi) is 10.4. The molecule has 0 rings (SSSR count). The normalized spacial score (nSPS) is 13.3. The van der Waals surface area contributed by atoms with Crippen molar-refractivity contribution in [3.8, 4) is 0 Å². The van der Waals surface area contributed by atoms with E-state index in [4.69, 9.17) is 9.79 Å². The summed E-state index contributed by atoms with van der Waals surface area (Å²) in [7, 11) is -4.60. The van der Waals surface area contributed by atoms with E-state index in [9.17, 15) is 14.5 Å². The van der Waals surface area contributed by atoms with Crippen LogP contribution in [-0.2, 0) is 13.9 Å². The molecule has 0 spiro atoms. The number of phosphoric acid groups is 1. The zero-order valence-corrected chi connectivity index (χ0v) is 13.1. The van der Waals surface area contributed by atoms with Gasteiger partial charge in [-0.15, -0.1) is 0 Å². The van der Waals surface area contributed by atoms with Crippen LogP contribution in [0, 0.1) is 5.41 Å². The molecule has 7 nitrogen and oxygen atoms in total. The topological polar surface area (TPSA) is 116 Å². The average molecular weight is 299 g/mol. The highest BCUT2D eigenvalue weighted by molar-refractivity contribution is 7.46. The second-order valence-electron chi connectivity index (χ2n) is 4.45. The maximum absolute atomic E-state index is 11.5. The summed E-state index contributed by atoms with van der Waals surface area (Å²) in [6.07, 6.45) is -0.654. The Hall–Kier alpha value is -0.460. The monoisotopic (exact) mass is 299 g/mol. The van der Waals surface area contributed by atoms with Gasteiger partial charge in [0.25, 0.3) is 0 Å². The van der Waals surface area contributed by atoms with E-state index in [0.717, 1.165) is 6.42 Å². The van der Waals surface area contributed by atoms with Crippen molar-refractivity contribution in [3.05, 3.63) is 0 Å². The number of carbonyl (C=O) groups excluding carboxylic acids is 1. The quantitative estimate of drug-likeness (QED) is 0.522. The summed E-state index contributed by atoms with van der Waals surface area (Å²) in [6, 6.07) is 0. The lowest BCUT2D eigenvalue weighted by Crippen LogP contribution is -2.46. The van der Waals surface area contributed by atoms with E-state index in [1.54, 1.807) is 0 Å². The zero-order chi connectivity index (χ0) is 15.7. The number of rotatable bonds is 7. The molecule has 0 fully saturated rings. The summed E-state index contributed by atoms with van der Waals surface area (Å²) >= 11 is 0. The number of amides is 1. The lowest BCUT2D eigenvalue weighted by Gasteiger charge is -2.29. The SMILES string of the molecule is CC.CCCNC(=O)C(O)C(C)(C)COP(=O)(O)O. The maximum atomic E-state index is 11.5. The van der Waals surface area contributed by atoms with Gasteiger partial charge in [0.15, 0.2) is 0 Å². The Balaban J connectivity index is 0. The molecule has 0 saturated carbocycles. The van der Waals surface area contributed by atoms with Crippen molar-refractivity contribution in [1.29, 1.82) is 0 Å². The van der Waals surface area contributed by atoms with Crippen molar-refractivity contribution < 1.29 is 28.8 Å². The van der Waals surface area contributed by atoms with Gasteiger partial charge in [-0.1, -0.05) is 34.6 Å². The molecule has 0 aromatic carbocycles.